The molecule has 1 aromatic carbocycles. The highest BCUT2D eigenvalue weighted by molar-refractivity contribution is 5.69. The van der Waals surface area contributed by atoms with E-state index in [0.29, 0.717) is 26.1 Å². The third kappa shape index (κ3) is 24.2. The molecule has 0 aromatic heterocycles. The van der Waals surface area contributed by atoms with Crippen molar-refractivity contribution in [1.29, 1.82) is 0 Å². The maximum atomic E-state index is 11.9. The number of ether oxygens (including phenoxy) is 2. The Morgan fingerprint density at radius 3 is 1.69 bits per heavy atom. The van der Waals surface area contributed by atoms with Crippen LogP contribution in [0.1, 0.15) is 141 Å². The molecule has 0 saturated carbocycles. The lowest BCUT2D eigenvalue weighted by atomic mass is 10.1. The number of hydrogen-bond acceptors (Lipinski definition) is 5. The van der Waals surface area contributed by atoms with Crippen LogP contribution in [0.3, 0.4) is 0 Å². The smallest absolute Gasteiger partial charge is 0.306 e. The molecule has 1 N–H and O–H groups in total. The minimum atomic E-state index is -0.110. The fraction of sp³-hybridized carbons (Fsp3) is 0.676. The van der Waals surface area contributed by atoms with Crippen LogP contribution in [0.4, 0.5) is 0 Å². The maximum Gasteiger partial charge on any atom is 0.306 e. The van der Waals surface area contributed by atoms with E-state index in [1.165, 1.54) is 68.9 Å². The third-order valence-corrected chi connectivity index (χ3v) is 7.40. The summed E-state index contributed by atoms with van der Waals surface area (Å²) in [5, 5.41) is 3.53. The molecule has 0 saturated heterocycles. The van der Waals surface area contributed by atoms with Crippen molar-refractivity contribution in [2.24, 2.45) is 0 Å². The molecule has 5 nitrogen and oxygen atoms in total. The highest BCUT2D eigenvalue weighted by atomic mass is 16.5. The zero-order valence-corrected chi connectivity index (χ0v) is 27.0. The van der Waals surface area contributed by atoms with Gasteiger partial charge in [0.05, 0.1) is 0 Å². The van der Waals surface area contributed by atoms with Gasteiger partial charge in [0.25, 0.3) is 0 Å². The van der Waals surface area contributed by atoms with Crippen LogP contribution in [0, 0.1) is 0 Å². The molecule has 0 heterocycles. The van der Waals surface area contributed by atoms with Crippen LogP contribution in [0.15, 0.2) is 48.6 Å². The summed E-state index contributed by atoms with van der Waals surface area (Å²) in [6, 6.07) is 8.68. The van der Waals surface area contributed by atoms with Crippen LogP contribution in [0.5, 0.6) is 0 Å². The molecular weight excluding hydrogens is 522 g/mol. The summed E-state index contributed by atoms with van der Waals surface area (Å²) in [6.07, 6.45) is 28.6. The van der Waals surface area contributed by atoms with Gasteiger partial charge in [0.1, 0.15) is 13.2 Å². The quantitative estimate of drug-likeness (QED) is 0.0604. The van der Waals surface area contributed by atoms with Gasteiger partial charge in [-0.2, -0.15) is 0 Å². The Hall–Kier alpha value is -2.40. The van der Waals surface area contributed by atoms with Gasteiger partial charge in [-0.1, -0.05) is 120 Å². The number of esters is 2. The van der Waals surface area contributed by atoms with E-state index in [1.807, 2.05) is 12.2 Å². The van der Waals surface area contributed by atoms with E-state index < -0.39 is 0 Å². The minimum absolute atomic E-state index is 0.0763. The van der Waals surface area contributed by atoms with Crippen LogP contribution >= 0.6 is 0 Å². The number of unbranched alkanes of at least 4 members (excludes halogenated alkanes) is 12. The molecule has 42 heavy (non-hydrogen) atoms. The highest BCUT2D eigenvalue weighted by Crippen LogP contribution is 2.10. The first kappa shape index (κ1) is 37.6. The van der Waals surface area contributed by atoms with E-state index in [1.54, 1.807) is 0 Å². The first-order chi connectivity index (χ1) is 20.7. The third-order valence-electron chi connectivity index (χ3n) is 7.40. The van der Waals surface area contributed by atoms with E-state index in [9.17, 15) is 9.59 Å². The monoisotopic (exact) mass is 583 g/mol. The number of benzene rings is 1. The Morgan fingerprint density at radius 1 is 0.595 bits per heavy atom. The van der Waals surface area contributed by atoms with Crippen molar-refractivity contribution in [1.82, 2.24) is 5.32 Å². The number of hydrogen-bond donors (Lipinski definition) is 1. The SMILES string of the molecule is CCCCCC/C=C\COC(=O)CCCCCCCNCc1ccc(CCCC(=O)OC/C=C\CCCCCC)cc1. The molecule has 0 bridgehead atoms. The standard InChI is InChI=1S/C37H61NO4/c1-3-5-7-9-11-16-20-31-41-36(39)24-18-14-13-15-19-30-38-33-35-28-26-34(27-29-35)23-22-25-37(40)42-32-21-17-12-10-8-6-4-2/h16-17,20-21,26-29,38H,3-15,18-19,22-25,30-33H2,1-2H3/b20-16-,21-17-. The summed E-state index contributed by atoms with van der Waals surface area (Å²) in [7, 11) is 0. The number of aryl methyl sites for hydroxylation is 1. The summed E-state index contributed by atoms with van der Waals surface area (Å²) < 4.78 is 10.6. The Labute approximate surface area is 257 Å². The highest BCUT2D eigenvalue weighted by Gasteiger charge is 2.03. The lowest BCUT2D eigenvalue weighted by Crippen LogP contribution is -2.14. The number of nitrogens with one attached hydrogen (secondary N) is 1. The molecule has 0 radical (unpaired) electrons. The van der Waals surface area contributed by atoms with E-state index in [0.717, 1.165) is 64.5 Å². The van der Waals surface area contributed by atoms with Crippen molar-refractivity contribution < 1.29 is 19.1 Å². The molecule has 0 aliphatic carbocycles. The zero-order valence-electron chi connectivity index (χ0n) is 27.0. The van der Waals surface area contributed by atoms with Gasteiger partial charge < -0.3 is 14.8 Å². The van der Waals surface area contributed by atoms with E-state index in [-0.39, 0.29) is 11.9 Å². The number of carbonyl (C=O) groups excluding carboxylic acids is 2. The minimum Gasteiger partial charge on any atom is -0.461 e. The average molecular weight is 584 g/mol. The van der Waals surface area contributed by atoms with Crippen LogP contribution in [0.2, 0.25) is 0 Å². The van der Waals surface area contributed by atoms with Crippen molar-refractivity contribution in [3.63, 3.8) is 0 Å². The topological polar surface area (TPSA) is 64.6 Å². The summed E-state index contributed by atoms with van der Waals surface area (Å²) in [5.74, 6) is -0.187. The van der Waals surface area contributed by atoms with Crippen LogP contribution in [0.25, 0.3) is 0 Å². The van der Waals surface area contributed by atoms with Crippen molar-refractivity contribution in [3.05, 3.63) is 59.7 Å². The number of allylic oxidation sites excluding steroid dienone is 2. The molecule has 0 aliphatic heterocycles. The molecule has 1 aromatic rings. The number of carbonyl (C=O) groups is 2. The lowest BCUT2D eigenvalue weighted by Gasteiger charge is -2.07. The van der Waals surface area contributed by atoms with E-state index >= 15 is 0 Å². The van der Waals surface area contributed by atoms with Crippen molar-refractivity contribution in [2.45, 2.75) is 142 Å². The van der Waals surface area contributed by atoms with E-state index in [2.05, 4.69) is 55.6 Å². The second-order valence-corrected chi connectivity index (χ2v) is 11.4. The van der Waals surface area contributed by atoms with Gasteiger partial charge in [-0.3, -0.25) is 9.59 Å². The van der Waals surface area contributed by atoms with E-state index in [4.69, 9.17) is 9.47 Å². The van der Waals surface area contributed by atoms with Crippen molar-refractivity contribution >= 4 is 11.9 Å². The first-order valence-corrected chi connectivity index (χ1v) is 17.1. The molecule has 0 aliphatic rings. The second-order valence-electron chi connectivity index (χ2n) is 11.4. The van der Waals surface area contributed by atoms with Gasteiger partial charge in [0.15, 0.2) is 0 Å². The molecule has 1 rings (SSSR count). The summed E-state index contributed by atoms with van der Waals surface area (Å²) in [6.45, 7) is 7.12. The molecule has 0 amide bonds. The molecule has 0 fully saturated rings. The second kappa shape index (κ2) is 28.7. The van der Waals surface area contributed by atoms with Gasteiger partial charge in [-0.15, -0.1) is 0 Å². The fourth-order valence-electron chi connectivity index (χ4n) is 4.72. The normalized spacial score (nSPS) is 11.5. The van der Waals surface area contributed by atoms with Crippen LogP contribution in [-0.4, -0.2) is 31.7 Å². The average Bonchev–Trinajstić information content (AvgIpc) is 2.99. The Morgan fingerprint density at radius 2 is 1.10 bits per heavy atom. The van der Waals surface area contributed by atoms with Crippen LogP contribution in [-0.2, 0) is 32.0 Å². The van der Waals surface area contributed by atoms with Gasteiger partial charge >= 0.3 is 11.9 Å². The van der Waals surface area contributed by atoms with Gasteiger partial charge in [-0.25, -0.2) is 0 Å². The molecule has 238 valence electrons. The number of rotatable bonds is 28. The molecule has 5 heteroatoms. The summed E-state index contributed by atoms with van der Waals surface area (Å²) in [5.41, 5.74) is 2.54. The molecule has 0 atom stereocenters. The van der Waals surface area contributed by atoms with Gasteiger partial charge in [0, 0.05) is 19.4 Å². The maximum absolute atomic E-state index is 11.9. The van der Waals surface area contributed by atoms with Crippen molar-refractivity contribution in [2.75, 3.05) is 19.8 Å². The summed E-state index contributed by atoms with van der Waals surface area (Å²) >= 11 is 0. The van der Waals surface area contributed by atoms with Gasteiger partial charge in [0.2, 0.25) is 0 Å². The van der Waals surface area contributed by atoms with Gasteiger partial charge in [-0.05, 0) is 69.0 Å². The molecule has 0 spiro atoms. The Balaban J connectivity index is 1.95. The first-order valence-electron chi connectivity index (χ1n) is 17.1. The van der Waals surface area contributed by atoms with Crippen molar-refractivity contribution in [3.8, 4) is 0 Å². The zero-order chi connectivity index (χ0) is 30.4. The Kier molecular flexibility index (Phi) is 25.7. The van der Waals surface area contributed by atoms with Crippen LogP contribution < -0.4 is 5.32 Å². The summed E-state index contributed by atoms with van der Waals surface area (Å²) in [4.78, 5) is 23.8. The largest absolute Gasteiger partial charge is 0.461 e. The fourth-order valence-corrected chi connectivity index (χ4v) is 4.72. The predicted molar refractivity (Wildman–Crippen MR) is 177 cm³/mol. The molecule has 0 unspecified atom stereocenters. The predicted octanol–water partition coefficient (Wildman–Crippen LogP) is 9.58. The molecular formula is C37H61NO4. The Bertz CT molecular complexity index is 831. The lowest BCUT2D eigenvalue weighted by molar-refractivity contribution is -0.143.